The summed E-state index contributed by atoms with van der Waals surface area (Å²) < 4.78 is 17.8. The van der Waals surface area contributed by atoms with E-state index < -0.39 is 35.9 Å². The fourth-order valence-corrected chi connectivity index (χ4v) is 5.40. The highest BCUT2D eigenvalue weighted by atomic mass is 17.3. The summed E-state index contributed by atoms with van der Waals surface area (Å²) >= 11 is 0. The van der Waals surface area contributed by atoms with Gasteiger partial charge in [-0.2, -0.15) is 0 Å². The third-order valence-corrected chi connectivity index (χ3v) is 6.89. The molecule has 0 radical (unpaired) electrons. The van der Waals surface area contributed by atoms with Gasteiger partial charge in [0, 0.05) is 18.3 Å². The van der Waals surface area contributed by atoms with Gasteiger partial charge < -0.3 is 19.3 Å². The standard InChI is InChI=1S/C19H28O8/c1-10-4-5-13-11(2)16(23-15(22)7-6-14(20)21)24-17-19(13)12(10)8-9-18(3,25-17)26-27-19/h10-13,16-17H,4-9H2,1-3H3,(H,20,21)/t10?,11?,12-,13?,16?,17+,18-,19+/m0/s1. The molecule has 152 valence electrons. The predicted octanol–water partition coefficient (Wildman–Crippen LogP) is 2.60. The van der Waals surface area contributed by atoms with Crippen LogP contribution in [0.2, 0.25) is 0 Å². The van der Waals surface area contributed by atoms with Gasteiger partial charge in [-0.05, 0) is 38.0 Å². The van der Waals surface area contributed by atoms with Crippen LogP contribution in [-0.4, -0.2) is 41.0 Å². The van der Waals surface area contributed by atoms with Crippen LogP contribution in [0, 0.1) is 23.7 Å². The van der Waals surface area contributed by atoms with E-state index in [1.54, 1.807) is 0 Å². The molecule has 1 N–H and O–H groups in total. The van der Waals surface area contributed by atoms with Crippen molar-refractivity contribution in [1.82, 2.24) is 0 Å². The maximum absolute atomic E-state index is 12.1. The smallest absolute Gasteiger partial charge is 0.308 e. The SMILES string of the molecule is CC1C(OC(=O)CCC(=O)O)O[C@@H]2O[C@]3(C)CC[C@H]4C(C)CCC1[C@@]24OO3. The van der Waals surface area contributed by atoms with Crippen LogP contribution in [0.5, 0.6) is 0 Å². The Balaban J connectivity index is 1.58. The zero-order valence-electron chi connectivity index (χ0n) is 16.0. The summed E-state index contributed by atoms with van der Waals surface area (Å²) in [5.41, 5.74) is -0.697. The minimum absolute atomic E-state index is 0.0670. The molecule has 0 amide bonds. The summed E-state index contributed by atoms with van der Waals surface area (Å²) in [5.74, 6) is -1.82. The first-order valence-corrected chi connectivity index (χ1v) is 9.86. The van der Waals surface area contributed by atoms with Crippen molar-refractivity contribution in [3.05, 3.63) is 0 Å². The van der Waals surface area contributed by atoms with Crippen molar-refractivity contribution in [3.63, 3.8) is 0 Å². The van der Waals surface area contributed by atoms with Crippen LogP contribution in [0.25, 0.3) is 0 Å². The number of hydrogen-bond donors (Lipinski definition) is 1. The van der Waals surface area contributed by atoms with Gasteiger partial charge in [0.2, 0.25) is 12.1 Å². The van der Waals surface area contributed by atoms with Crippen molar-refractivity contribution < 1.29 is 38.7 Å². The quantitative estimate of drug-likeness (QED) is 0.583. The van der Waals surface area contributed by atoms with Gasteiger partial charge in [0.05, 0.1) is 12.8 Å². The highest BCUT2D eigenvalue weighted by Gasteiger charge is 2.69. The van der Waals surface area contributed by atoms with Gasteiger partial charge in [-0.3, -0.25) is 9.59 Å². The molecule has 8 heteroatoms. The van der Waals surface area contributed by atoms with E-state index in [2.05, 4.69) is 6.92 Å². The number of carboxylic acids is 1. The maximum Gasteiger partial charge on any atom is 0.308 e. The Hall–Kier alpha value is -1.22. The van der Waals surface area contributed by atoms with Crippen LogP contribution >= 0.6 is 0 Å². The highest BCUT2D eigenvalue weighted by molar-refractivity contribution is 5.76. The summed E-state index contributed by atoms with van der Waals surface area (Å²) in [6.07, 6.45) is 1.72. The fourth-order valence-electron chi connectivity index (χ4n) is 5.40. The number of esters is 1. The fraction of sp³-hybridized carbons (Fsp3) is 0.895. The minimum atomic E-state index is -1.03. The predicted molar refractivity (Wildman–Crippen MR) is 89.8 cm³/mol. The van der Waals surface area contributed by atoms with E-state index in [0.29, 0.717) is 12.3 Å². The highest BCUT2D eigenvalue weighted by Crippen LogP contribution is 2.60. The third-order valence-electron chi connectivity index (χ3n) is 6.89. The van der Waals surface area contributed by atoms with E-state index >= 15 is 0 Å². The van der Waals surface area contributed by atoms with E-state index in [0.717, 1.165) is 19.3 Å². The zero-order valence-corrected chi connectivity index (χ0v) is 16.0. The van der Waals surface area contributed by atoms with Gasteiger partial charge in [-0.1, -0.05) is 13.8 Å². The molecular formula is C19H28O8. The van der Waals surface area contributed by atoms with Gasteiger partial charge in [-0.25, -0.2) is 9.78 Å². The lowest BCUT2D eigenvalue weighted by atomic mass is 9.58. The van der Waals surface area contributed by atoms with E-state index in [4.69, 9.17) is 29.1 Å². The van der Waals surface area contributed by atoms with Crippen LogP contribution < -0.4 is 0 Å². The Morgan fingerprint density at radius 3 is 2.63 bits per heavy atom. The van der Waals surface area contributed by atoms with Crippen LogP contribution in [0.3, 0.4) is 0 Å². The number of rotatable bonds is 4. The molecule has 8 nitrogen and oxygen atoms in total. The molecule has 0 aromatic rings. The summed E-state index contributed by atoms with van der Waals surface area (Å²) in [6.45, 7) is 6.06. The summed E-state index contributed by atoms with van der Waals surface area (Å²) in [7, 11) is 0. The normalized spacial score (nSPS) is 48.4. The largest absolute Gasteiger partial charge is 0.481 e. The van der Waals surface area contributed by atoms with Gasteiger partial charge in [-0.15, -0.1) is 0 Å². The molecule has 0 aromatic carbocycles. The van der Waals surface area contributed by atoms with Crippen LogP contribution in [0.15, 0.2) is 0 Å². The Morgan fingerprint density at radius 1 is 1.11 bits per heavy atom. The van der Waals surface area contributed by atoms with E-state index in [1.165, 1.54) is 0 Å². The molecule has 4 heterocycles. The van der Waals surface area contributed by atoms with Crippen molar-refractivity contribution in [2.75, 3.05) is 0 Å². The van der Waals surface area contributed by atoms with Crippen molar-refractivity contribution >= 4 is 11.9 Å². The summed E-state index contributed by atoms with van der Waals surface area (Å²) in [5, 5.41) is 8.76. The van der Waals surface area contributed by atoms with Crippen LogP contribution in [-0.2, 0) is 33.6 Å². The molecular weight excluding hydrogens is 356 g/mol. The van der Waals surface area contributed by atoms with Gasteiger partial charge in [0.15, 0.2) is 11.9 Å². The summed E-state index contributed by atoms with van der Waals surface area (Å²) in [4.78, 5) is 34.5. The average Bonchev–Trinajstić information content (AvgIpc) is 2.84. The monoisotopic (exact) mass is 384 g/mol. The topological polar surface area (TPSA) is 101 Å². The lowest BCUT2D eigenvalue weighted by molar-refractivity contribution is -0.576. The Morgan fingerprint density at radius 2 is 1.89 bits per heavy atom. The van der Waals surface area contributed by atoms with Crippen LogP contribution in [0.4, 0.5) is 0 Å². The van der Waals surface area contributed by atoms with Gasteiger partial charge in [0.1, 0.15) is 0 Å². The molecule has 1 aliphatic carbocycles. The van der Waals surface area contributed by atoms with Crippen molar-refractivity contribution in [3.8, 4) is 0 Å². The second-order valence-electron chi connectivity index (χ2n) is 8.66. The molecule has 1 saturated carbocycles. The van der Waals surface area contributed by atoms with Gasteiger partial charge >= 0.3 is 11.9 Å². The van der Waals surface area contributed by atoms with Crippen molar-refractivity contribution in [2.24, 2.45) is 23.7 Å². The Bertz CT molecular complexity index is 623. The summed E-state index contributed by atoms with van der Waals surface area (Å²) in [6, 6.07) is 0. The molecule has 2 bridgehead atoms. The first-order valence-electron chi connectivity index (χ1n) is 9.86. The lowest BCUT2D eigenvalue weighted by Crippen LogP contribution is -2.70. The second-order valence-corrected chi connectivity index (χ2v) is 8.66. The zero-order chi connectivity index (χ0) is 19.4. The van der Waals surface area contributed by atoms with E-state index in [9.17, 15) is 9.59 Å². The number of carbonyl (C=O) groups is 2. The molecule has 4 saturated heterocycles. The number of ether oxygens (including phenoxy) is 3. The Kier molecular flexibility index (Phi) is 4.73. The van der Waals surface area contributed by atoms with Crippen molar-refractivity contribution in [2.45, 2.75) is 83.3 Å². The van der Waals surface area contributed by atoms with E-state index in [-0.39, 0.29) is 30.6 Å². The first kappa shape index (κ1) is 19.1. The molecule has 5 rings (SSSR count). The Labute approximate surface area is 158 Å². The number of hydrogen-bond acceptors (Lipinski definition) is 7. The number of fused-ring (bicyclic) bond motifs is 2. The molecule has 27 heavy (non-hydrogen) atoms. The average molecular weight is 384 g/mol. The first-order chi connectivity index (χ1) is 12.7. The van der Waals surface area contributed by atoms with E-state index in [1.807, 2.05) is 13.8 Å². The molecule has 5 aliphatic rings. The second kappa shape index (κ2) is 6.69. The molecule has 4 unspecified atom stereocenters. The van der Waals surface area contributed by atoms with Crippen LogP contribution in [0.1, 0.15) is 59.3 Å². The lowest BCUT2D eigenvalue weighted by Gasteiger charge is -2.59. The minimum Gasteiger partial charge on any atom is -0.481 e. The van der Waals surface area contributed by atoms with Crippen molar-refractivity contribution in [1.29, 1.82) is 0 Å². The molecule has 4 aliphatic heterocycles. The van der Waals surface area contributed by atoms with Gasteiger partial charge in [0.25, 0.3) is 0 Å². The maximum atomic E-state index is 12.1. The molecule has 0 aromatic heterocycles. The number of carbonyl (C=O) groups excluding carboxylic acids is 1. The molecule has 5 fully saturated rings. The number of aliphatic carboxylic acids is 1. The number of carboxylic acid groups (broad SMARTS) is 1. The molecule has 8 atom stereocenters. The third kappa shape index (κ3) is 3.06. The molecule has 1 spiro atoms.